The summed E-state index contributed by atoms with van der Waals surface area (Å²) in [6.07, 6.45) is -3.09. The average molecular weight is 307 g/mol. The molecule has 1 rings (SSSR count). The van der Waals surface area contributed by atoms with Gasteiger partial charge in [0, 0.05) is 6.04 Å². The number of hydrogen-bond acceptors (Lipinski definition) is 3. The number of ether oxygens (including phenoxy) is 1. The largest absolute Gasteiger partial charge is 0.482 e. The van der Waals surface area contributed by atoms with Crippen molar-refractivity contribution in [3.8, 4) is 5.75 Å². The zero-order chi connectivity index (χ0) is 12.3. The second kappa shape index (κ2) is 7.66. The molecule has 0 saturated carbocycles. The quantitative estimate of drug-likeness (QED) is 0.933. The molecule has 0 amide bonds. The van der Waals surface area contributed by atoms with E-state index in [1.54, 1.807) is 13.8 Å². The molecule has 1 atom stereocenters. The Morgan fingerprint density at radius 2 is 1.94 bits per heavy atom. The van der Waals surface area contributed by atoms with Gasteiger partial charge in [0.15, 0.2) is 6.61 Å². The second-order valence-corrected chi connectivity index (χ2v) is 3.57. The maximum absolute atomic E-state index is 11.9. The lowest BCUT2D eigenvalue weighted by atomic mass is 10.1. The highest BCUT2D eigenvalue weighted by Crippen LogP contribution is 2.21. The highest BCUT2D eigenvalue weighted by Gasteiger charge is 2.28. The molecule has 0 unspecified atom stereocenters. The zero-order valence-electron chi connectivity index (χ0n) is 9.82. The van der Waals surface area contributed by atoms with Gasteiger partial charge in [0.05, 0.1) is 11.9 Å². The minimum Gasteiger partial charge on any atom is -0.482 e. The van der Waals surface area contributed by atoms with Crippen LogP contribution in [0.25, 0.3) is 0 Å². The van der Waals surface area contributed by atoms with Crippen LogP contribution in [0.5, 0.6) is 5.75 Å². The molecule has 0 aliphatic heterocycles. The number of hydrogen-bond donors (Lipinski definition) is 1. The Hall–Kier alpha value is -0.720. The number of aryl methyl sites for hydroxylation is 1. The SMILES string of the molecule is Cc1cc(OCC(F)(F)F)cnc1[C@@H](C)N.Cl.Cl. The molecule has 1 aromatic heterocycles. The van der Waals surface area contributed by atoms with E-state index in [9.17, 15) is 13.2 Å². The Morgan fingerprint density at radius 3 is 2.33 bits per heavy atom. The number of nitrogens with zero attached hydrogens (tertiary/aromatic N) is 1. The van der Waals surface area contributed by atoms with Gasteiger partial charge in [-0.2, -0.15) is 13.2 Å². The number of aromatic nitrogens is 1. The van der Waals surface area contributed by atoms with E-state index in [1.807, 2.05) is 0 Å². The Bertz CT molecular complexity index is 373. The smallest absolute Gasteiger partial charge is 0.422 e. The van der Waals surface area contributed by atoms with Crippen molar-refractivity contribution in [1.82, 2.24) is 4.98 Å². The fourth-order valence-electron chi connectivity index (χ4n) is 1.28. The van der Waals surface area contributed by atoms with Gasteiger partial charge in [0.1, 0.15) is 5.75 Å². The minimum atomic E-state index is -4.34. The topological polar surface area (TPSA) is 48.1 Å². The predicted octanol–water partition coefficient (Wildman–Crippen LogP) is 3.19. The molecule has 1 aromatic rings. The van der Waals surface area contributed by atoms with Crippen LogP contribution in [-0.2, 0) is 0 Å². The van der Waals surface area contributed by atoms with Crippen molar-refractivity contribution in [2.24, 2.45) is 5.73 Å². The summed E-state index contributed by atoms with van der Waals surface area (Å²) in [4.78, 5) is 3.96. The standard InChI is InChI=1S/C10H13F3N2O.2ClH/c1-6-3-8(16-5-10(11,12)13)4-15-9(6)7(2)14;;/h3-4,7H,5,14H2,1-2H3;2*1H/t7-;;/m1../s1. The van der Waals surface area contributed by atoms with E-state index >= 15 is 0 Å². The number of alkyl halides is 3. The van der Waals surface area contributed by atoms with E-state index < -0.39 is 12.8 Å². The van der Waals surface area contributed by atoms with Crippen molar-refractivity contribution in [2.75, 3.05) is 6.61 Å². The van der Waals surface area contributed by atoms with E-state index in [0.717, 1.165) is 5.56 Å². The normalized spacial score (nSPS) is 12.1. The maximum atomic E-state index is 11.9. The molecule has 8 heteroatoms. The summed E-state index contributed by atoms with van der Waals surface area (Å²) in [5.74, 6) is 0.0965. The third kappa shape index (κ3) is 6.28. The van der Waals surface area contributed by atoms with Crippen molar-refractivity contribution in [3.63, 3.8) is 0 Å². The molecule has 106 valence electrons. The number of nitrogens with two attached hydrogens (primary N) is 1. The van der Waals surface area contributed by atoms with Crippen molar-refractivity contribution < 1.29 is 17.9 Å². The molecule has 0 bridgehead atoms. The van der Waals surface area contributed by atoms with Crippen molar-refractivity contribution in [2.45, 2.75) is 26.1 Å². The monoisotopic (exact) mass is 306 g/mol. The molecule has 0 aliphatic rings. The first-order chi connectivity index (χ1) is 7.29. The van der Waals surface area contributed by atoms with Crippen molar-refractivity contribution in [1.29, 1.82) is 0 Å². The lowest BCUT2D eigenvalue weighted by molar-refractivity contribution is -0.153. The van der Waals surface area contributed by atoms with Crippen LogP contribution in [0.15, 0.2) is 12.3 Å². The summed E-state index contributed by atoms with van der Waals surface area (Å²) in [6.45, 7) is 2.17. The van der Waals surface area contributed by atoms with Gasteiger partial charge in [-0.3, -0.25) is 4.98 Å². The number of halogens is 5. The van der Waals surface area contributed by atoms with Gasteiger partial charge >= 0.3 is 6.18 Å². The van der Waals surface area contributed by atoms with Crippen LogP contribution in [0.2, 0.25) is 0 Å². The van der Waals surface area contributed by atoms with Gasteiger partial charge in [0.25, 0.3) is 0 Å². The van der Waals surface area contributed by atoms with Crippen LogP contribution >= 0.6 is 24.8 Å². The lowest BCUT2D eigenvalue weighted by Gasteiger charge is -2.12. The molecule has 1 heterocycles. The highest BCUT2D eigenvalue weighted by atomic mass is 35.5. The Kier molecular flexibility index (Phi) is 8.34. The van der Waals surface area contributed by atoms with Crippen LogP contribution in [0.4, 0.5) is 13.2 Å². The molecule has 3 nitrogen and oxygen atoms in total. The Morgan fingerprint density at radius 1 is 1.39 bits per heavy atom. The summed E-state index contributed by atoms with van der Waals surface area (Å²) in [7, 11) is 0. The zero-order valence-corrected chi connectivity index (χ0v) is 11.5. The molecule has 0 radical (unpaired) electrons. The number of pyridine rings is 1. The van der Waals surface area contributed by atoms with E-state index in [-0.39, 0.29) is 36.6 Å². The van der Waals surface area contributed by atoms with Gasteiger partial charge in [-0.15, -0.1) is 24.8 Å². The molecule has 0 fully saturated rings. The van der Waals surface area contributed by atoms with Crippen LogP contribution in [-0.4, -0.2) is 17.8 Å². The third-order valence-corrected chi connectivity index (χ3v) is 1.93. The fraction of sp³-hybridized carbons (Fsp3) is 0.500. The summed E-state index contributed by atoms with van der Waals surface area (Å²) >= 11 is 0. The van der Waals surface area contributed by atoms with Crippen LogP contribution in [0, 0.1) is 6.92 Å². The minimum absolute atomic E-state index is 0. The summed E-state index contributed by atoms with van der Waals surface area (Å²) in [5.41, 5.74) is 6.99. The first-order valence-electron chi connectivity index (χ1n) is 4.71. The molecule has 0 saturated heterocycles. The van der Waals surface area contributed by atoms with E-state index in [4.69, 9.17) is 5.73 Å². The van der Waals surface area contributed by atoms with Crippen LogP contribution in [0.3, 0.4) is 0 Å². The van der Waals surface area contributed by atoms with E-state index in [2.05, 4.69) is 9.72 Å². The lowest BCUT2D eigenvalue weighted by Crippen LogP contribution is -2.19. The second-order valence-electron chi connectivity index (χ2n) is 3.57. The molecule has 0 spiro atoms. The van der Waals surface area contributed by atoms with Gasteiger partial charge in [0.2, 0.25) is 0 Å². The van der Waals surface area contributed by atoms with Crippen molar-refractivity contribution in [3.05, 3.63) is 23.5 Å². The van der Waals surface area contributed by atoms with Crippen molar-refractivity contribution >= 4 is 24.8 Å². The predicted molar refractivity (Wildman–Crippen MR) is 67.6 cm³/mol. The fourth-order valence-corrected chi connectivity index (χ4v) is 1.28. The van der Waals surface area contributed by atoms with Crippen LogP contribution in [0.1, 0.15) is 24.2 Å². The summed E-state index contributed by atoms with van der Waals surface area (Å²) < 4.78 is 40.2. The molecule has 0 aliphatic carbocycles. The molecule has 0 aromatic carbocycles. The molecular weight excluding hydrogens is 292 g/mol. The Balaban J connectivity index is 0. The van der Waals surface area contributed by atoms with E-state index in [1.165, 1.54) is 12.3 Å². The van der Waals surface area contributed by atoms with Gasteiger partial charge < -0.3 is 10.5 Å². The summed E-state index contributed by atoms with van der Waals surface area (Å²) in [6, 6.07) is 1.24. The molecule has 18 heavy (non-hydrogen) atoms. The van der Waals surface area contributed by atoms with Gasteiger partial charge in [-0.05, 0) is 25.5 Å². The van der Waals surface area contributed by atoms with Gasteiger partial charge in [-0.25, -0.2) is 0 Å². The third-order valence-electron chi connectivity index (χ3n) is 1.93. The molecule has 2 N–H and O–H groups in total. The number of rotatable bonds is 3. The van der Waals surface area contributed by atoms with Crippen LogP contribution < -0.4 is 10.5 Å². The molecular formula is C10H15Cl2F3N2O. The first-order valence-corrected chi connectivity index (χ1v) is 4.71. The average Bonchev–Trinajstić information content (AvgIpc) is 2.13. The highest BCUT2D eigenvalue weighted by molar-refractivity contribution is 5.85. The first kappa shape index (κ1) is 19.6. The maximum Gasteiger partial charge on any atom is 0.422 e. The summed E-state index contributed by atoms with van der Waals surface area (Å²) in [5, 5.41) is 0. The van der Waals surface area contributed by atoms with Gasteiger partial charge in [-0.1, -0.05) is 0 Å². The van der Waals surface area contributed by atoms with E-state index in [0.29, 0.717) is 5.69 Å². The Labute approximate surface area is 116 Å².